The summed E-state index contributed by atoms with van der Waals surface area (Å²) in [5.74, 6) is 0. The predicted octanol–water partition coefficient (Wildman–Crippen LogP) is 12.2. The number of anilines is 3. The molecule has 0 saturated carbocycles. The minimum Gasteiger partial charge on any atom is -0.310 e. The van der Waals surface area contributed by atoms with E-state index in [4.69, 9.17) is 0 Å². The van der Waals surface area contributed by atoms with Crippen LogP contribution < -0.4 is 4.90 Å². The SMILES string of the molecule is N#Cc1cc(C#N)c(-n2c3ccc(N(c4ccccc4)c4ccccc4)cc3c3c4ccccc4ccc32)cc1-n1c2ccccc2c2ccccc21. The summed E-state index contributed by atoms with van der Waals surface area (Å²) in [7, 11) is 0. The maximum atomic E-state index is 10.7. The summed E-state index contributed by atoms with van der Waals surface area (Å²) in [6, 6.07) is 65.4. The average molecular weight is 676 g/mol. The molecule has 5 heteroatoms. The van der Waals surface area contributed by atoms with Gasteiger partial charge >= 0.3 is 0 Å². The lowest BCUT2D eigenvalue weighted by atomic mass is 10.0. The summed E-state index contributed by atoms with van der Waals surface area (Å²) < 4.78 is 4.36. The third-order valence-corrected chi connectivity index (χ3v) is 10.3. The molecule has 53 heavy (non-hydrogen) atoms. The molecule has 10 aromatic rings. The van der Waals surface area contributed by atoms with Crippen LogP contribution in [0.4, 0.5) is 17.1 Å². The van der Waals surface area contributed by atoms with E-state index in [2.05, 4.69) is 154 Å². The lowest BCUT2D eigenvalue weighted by Crippen LogP contribution is -2.09. The zero-order valence-corrected chi connectivity index (χ0v) is 28.5. The first kappa shape index (κ1) is 30.2. The molecule has 0 spiro atoms. The molecule has 0 N–H and O–H groups in total. The zero-order chi connectivity index (χ0) is 35.5. The fraction of sp³-hybridized carbons (Fsp3) is 0. The summed E-state index contributed by atoms with van der Waals surface area (Å²) in [5, 5.41) is 27.9. The van der Waals surface area contributed by atoms with Crippen LogP contribution in [0.25, 0.3) is 65.8 Å². The zero-order valence-electron chi connectivity index (χ0n) is 28.5. The number of nitriles is 2. The van der Waals surface area contributed by atoms with Crippen LogP contribution in [0.15, 0.2) is 176 Å². The van der Waals surface area contributed by atoms with Crippen molar-refractivity contribution in [3.05, 3.63) is 187 Å². The van der Waals surface area contributed by atoms with E-state index in [-0.39, 0.29) is 0 Å². The fourth-order valence-electron chi connectivity index (χ4n) is 8.09. The molecule has 0 amide bonds. The Morgan fingerprint density at radius 2 is 0.868 bits per heavy atom. The minimum atomic E-state index is 0.428. The molecule has 0 atom stereocenters. The van der Waals surface area contributed by atoms with Gasteiger partial charge in [-0.1, -0.05) is 103 Å². The second-order valence-electron chi connectivity index (χ2n) is 13.2. The van der Waals surface area contributed by atoms with Gasteiger partial charge in [-0.15, -0.1) is 0 Å². The highest BCUT2D eigenvalue weighted by Crippen LogP contribution is 2.43. The number of nitrogens with zero attached hydrogens (tertiary/aromatic N) is 5. The van der Waals surface area contributed by atoms with E-state index < -0.39 is 0 Å². The van der Waals surface area contributed by atoms with Gasteiger partial charge in [0.25, 0.3) is 0 Å². The van der Waals surface area contributed by atoms with Crippen LogP contribution in [0, 0.1) is 22.7 Å². The van der Waals surface area contributed by atoms with Crippen molar-refractivity contribution in [2.24, 2.45) is 0 Å². The van der Waals surface area contributed by atoms with Crippen LogP contribution in [0.2, 0.25) is 0 Å². The summed E-state index contributed by atoms with van der Waals surface area (Å²) in [5.41, 5.74) is 9.40. The summed E-state index contributed by atoms with van der Waals surface area (Å²) in [6.45, 7) is 0. The van der Waals surface area contributed by atoms with E-state index in [1.165, 1.54) is 0 Å². The Morgan fingerprint density at radius 1 is 0.377 bits per heavy atom. The molecule has 0 unspecified atom stereocenters. The van der Waals surface area contributed by atoms with Crippen LogP contribution in [0.5, 0.6) is 0 Å². The van der Waals surface area contributed by atoms with Gasteiger partial charge in [0.15, 0.2) is 0 Å². The van der Waals surface area contributed by atoms with E-state index in [0.717, 1.165) is 82.8 Å². The number of hydrogen-bond donors (Lipinski definition) is 0. The van der Waals surface area contributed by atoms with Crippen molar-refractivity contribution in [2.45, 2.75) is 0 Å². The Labute approximate surface area is 305 Å². The van der Waals surface area contributed by atoms with Crippen LogP contribution in [-0.4, -0.2) is 9.13 Å². The topological polar surface area (TPSA) is 60.7 Å². The Bertz CT molecular complexity index is 3050. The molecule has 0 bridgehead atoms. The second-order valence-corrected chi connectivity index (χ2v) is 13.2. The standard InChI is InChI=1S/C48H29N5/c49-30-33-27-34(31-50)47(29-46(33)52-42-21-11-9-19-39(42)40-20-10-12-22-43(40)52)53-44-26-24-37(51(35-14-3-1-4-15-35)36-16-5-2-6-17-36)28-41(44)48-38-18-8-7-13-32(38)23-25-45(48)53/h1-29H. The molecule has 0 radical (unpaired) electrons. The van der Waals surface area contributed by atoms with E-state index in [1.807, 2.05) is 42.5 Å². The van der Waals surface area contributed by atoms with Gasteiger partial charge in [0, 0.05) is 38.6 Å². The van der Waals surface area contributed by atoms with E-state index >= 15 is 0 Å². The van der Waals surface area contributed by atoms with Crippen molar-refractivity contribution in [2.75, 3.05) is 4.90 Å². The van der Waals surface area contributed by atoms with E-state index in [9.17, 15) is 10.5 Å². The Balaban J connectivity index is 1.31. The van der Waals surface area contributed by atoms with Gasteiger partial charge < -0.3 is 14.0 Å². The summed E-state index contributed by atoms with van der Waals surface area (Å²) in [6.07, 6.45) is 0. The van der Waals surface area contributed by atoms with Crippen molar-refractivity contribution in [3.63, 3.8) is 0 Å². The number of rotatable bonds is 5. The van der Waals surface area contributed by atoms with Gasteiger partial charge in [0.2, 0.25) is 0 Å². The number of aromatic nitrogens is 2. The third kappa shape index (κ3) is 4.62. The molecule has 2 aromatic heterocycles. The van der Waals surface area contributed by atoms with Crippen molar-refractivity contribution in [3.8, 4) is 23.5 Å². The largest absolute Gasteiger partial charge is 0.310 e. The van der Waals surface area contributed by atoms with Crippen molar-refractivity contribution < 1.29 is 0 Å². The number of hydrogen-bond acceptors (Lipinski definition) is 3. The van der Waals surface area contributed by atoms with E-state index in [1.54, 1.807) is 6.07 Å². The quantitative estimate of drug-likeness (QED) is 0.182. The van der Waals surface area contributed by atoms with Crippen LogP contribution in [0.3, 0.4) is 0 Å². The Kier molecular flexibility index (Phi) is 6.86. The lowest BCUT2D eigenvalue weighted by molar-refractivity contribution is 1.12. The molecule has 0 aliphatic carbocycles. The molecule has 0 fully saturated rings. The van der Waals surface area contributed by atoms with Gasteiger partial charge in [-0.05, 0) is 83.6 Å². The monoisotopic (exact) mass is 675 g/mol. The normalized spacial score (nSPS) is 11.4. The smallest absolute Gasteiger partial charge is 0.101 e. The average Bonchev–Trinajstić information content (AvgIpc) is 3.74. The fourth-order valence-corrected chi connectivity index (χ4v) is 8.09. The number of fused-ring (bicyclic) bond motifs is 8. The highest BCUT2D eigenvalue weighted by atomic mass is 15.1. The highest BCUT2D eigenvalue weighted by molar-refractivity contribution is 6.22. The molecule has 0 aliphatic rings. The van der Waals surface area contributed by atoms with E-state index in [0.29, 0.717) is 11.1 Å². The molecule has 0 aliphatic heterocycles. The molecular formula is C48H29N5. The third-order valence-electron chi connectivity index (χ3n) is 10.3. The van der Waals surface area contributed by atoms with Gasteiger partial charge in [-0.3, -0.25) is 0 Å². The molecule has 0 saturated heterocycles. The summed E-state index contributed by atoms with van der Waals surface area (Å²) >= 11 is 0. The molecule has 5 nitrogen and oxygen atoms in total. The predicted molar refractivity (Wildman–Crippen MR) is 217 cm³/mol. The number of para-hydroxylation sites is 4. The molecule has 246 valence electrons. The summed E-state index contributed by atoms with van der Waals surface area (Å²) in [4.78, 5) is 2.27. The van der Waals surface area contributed by atoms with Gasteiger partial charge in [-0.2, -0.15) is 10.5 Å². The second kappa shape index (κ2) is 12.0. The minimum absolute atomic E-state index is 0.428. The maximum Gasteiger partial charge on any atom is 0.101 e. The maximum absolute atomic E-state index is 10.7. The highest BCUT2D eigenvalue weighted by Gasteiger charge is 2.23. The van der Waals surface area contributed by atoms with Gasteiger partial charge in [0.1, 0.15) is 12.1 Å². The van der Waals surface area contributed by atoms with Crippen molar-refractivity contribution in [1.29, 1.82) is 10.5 Å². The first-order chi connectivity index (χ1) is 26.2. The molecule has 8 aromatic carbocycles. The number of benzene rings is 8. The molecular weight excluding hydrogens is 647 g/mol. The Hall–Kier alpha value is -7.60. The van der Waals surface area contributed by atoms with Crippen LogP contribution in [-0.2, 0) is 0 Å². The first-order valence-corrected chi connectivity index (χ1v) is 17.6. The lowest BCUT2D eigenvalue weighted by Gasteiger charge is -2.25. The Morgan fingerprint density at radius 3 is 1.47 bits per heavy atom. The van der Waals surface area contributed by atoms with Crippen molar-refractivity contribution in [1.82, 2.24) is 9.13 Å². The van der Waals surface area contributed by atoms with Gasteiger partial charge in [0.05, 0.1) is 44.6 Å². The van der Waals surface area contributed by atoms with Crippen molar-refractivity contribution >= 4 is 71.4 Å². The molecule has 10 rings (SSSR count). The molecule has 2 heterocycles. The first-order valence-electron chi connectivity index (χ1n) is 17.6. The van der Waals surface area contributed by atoms with Crippen LogP contribution >= 0.6 is 0 Å². The van der Waals surface area contributed by atoms with Gasteiger partial charge in [-0.25, -0.2) is 0 Å². The van der Waals surface area contributed by atoms with Crippen LogP contribution in [0.1, 0.15) is 11.1 Å².